The average Bonchev–Trinajstić information content (AvgIpc) is 2.36. The fraction of sp³-hybridized carbons (Fsp3) is 0.600. The Kier molecular flexibility index (Phi) is 4.60. The van der Waals surface area contributed by atoms with E-state index in [1.54, 1.807) is 13.0 Å². The van der Waals surface area contributed by atoms with Crippen molar-refractivity contribution < 1.29 is 15.0 Å². The lowest BCUT2D eigenvalue weighted by Gasteiger charge is -2.28. The van der Waals surface area contributed by atoms with Gasteiger partial charge in [-0.3, -0.25) is 0 Å². The summed E-state index contributed by atoms with van der Waals surface area (Å²) in [5.74, 6) is -0.387. The van der Waals surface area contributed by atoms with E-state index in [1.807, 2.05) is 6.92 Å². The zero-order valence-corrected chi connectivity index (χ0v) is 12.0. The molecule has 1 aromatic heterocycles. The Balaban J connectivity index is 2.14. The van der Waals surface area contributed by atoms with E-state index in [4.69, 9.17) is 0 Å². The number of aromatic carboxylic acids is 1. The van der Waals surface area contributed by atoms with Gasteiger partial charge >= 0.3 is 5.97 Å². The molecule has 1 heterocycles. The molecule has 2 rings (SSSR count). The number of rotatable bonds is 4. The van der Waals surface area contributed by atoms with Gasteiger partial charge in [-0.05, 0) is 38.3 Å². The van der Waals surface area contributed by atoms with Crippen LogP contribution in [0.2, 0.25) is 0 Å². The van der Waals surface area contributed by atoms with E-state index in [2.05, 4.69) is 10.3 Å². The Bertz CT molecular complexity index is 502. The summed E-state index contributed by atoms with van der Waals surface area (Å²) in [5, 5.41) is 22.4. The smallest absolute Gasteiger partial charge is 0.339 e. The summed E-state index contributed by atoms with van der Waals surface area (Å²) < 4.78 is 0. The van der Waals surface area contributed by atoms with Crippen LogP contribution >= 0.6 is 0 Å². The number of aromatic nitrogens is 1. The standard InChI is InChI=1S/C15H22N2O3/c1-9-7-10(2)17-14(13(9)15(19)20)16-8-11-5-3-4-6-12(11)18/h7,11-12,18H,3-6,8H2,1-2H3,(H,16,17)(H,19,20). The number of nitrogens with one attached hydrogen (secondary N) is 1. The van der Waals surface area contributed by atoms with Crippen LogP contribution in [0.1, 0.15) is 47.3 Å². The molecule has 2 unspecified atom stereocenters. The number of anilines is 1. The summed E-state index contributed by atoms with van der Waals surface area (Å²) in [5.41, 5.74) is 1.72. The molecule has 0 amide bonds. The highest BCUT2D eigenvalue weighted by Gasteiger charge is 2.24. The second-order valence-corrected chi connectivity index (χ2v) is 5.60. The average molecular weight is 278 g/mol. The van der Waals surface area contributed by atoms with Crippen molar-refractivity contribution in [1.29, 1.82) is 0 Å². The summed E-state index contributed by atoms with van der Waals surface area (Å²) in [6, 6.07) is 1.77. The number of carbonyl (C=O) groups is 1. The van der Waals surface area contributed by atoms with Gasteiger partial charge < -0.3 is 15.5 Å². The first-order valence-electron chi connectivity index (χ1n) is 7.12. The van der Waals surface area contributed by atoms with Crippen LogP contribution in [-0.2, 0) is 0 Å². The third-order valence-corrected chi connectivity index (χ3v) is 3.96. The largest absolute Gasteiger partial charge is 0.478 e. The molecule has 0 saturated heterocycles. The molecule has 0 aromatic carbocycles. The molecule has 3 N–H and O–H groups in total. The summed E-state index contributed by atoms with van der Waals surface area (Å²) in [6.45, 7) is 4.19. The lowest BCUT2D eigenvalue weighted by molar-refractivity contribution is 0.0696. The first-order valence-corrected chi connectivity index (χ1v) is 7.12. The Morgan fingerprint density at radius 3 is 2.75 bits per heavy atom. The van der Waals surface area contributed by atoms with Gasteiger partial charge in [0.25, 0.3) is 0 Å². The van der Waals surface area contributed by atoms with Gasteiger partial charge in [-0.1, -0.05) is 12.8 Å². The molecule has 110 valence electrons. The van der Waals surface area contributed by atoms with Crippen LogP contribution in [0.3, 0.4) is 0 Å². The van der Waals surface area contributed by atoms with Gasteiger partial charge in [0, 0.05) is 18.2 Å². The van der Waals surface area contributed by atoms with Crippen molar-refractivity contribution in [2.45, 2.75) is 45.6 Å². The summed E-state index contributed by atoms with van der Waals surface area (Å²) in [6.07, 6.45) is 3.70. The predicted molar refractivity (Wildman–Crippen MR) is 77.1 cm³/mol. The summed E-state index contributed by atoms with van der Waals surface area (Å²) >= 11 is 0. The minimum absolute atomic E-state index is 0.174. The quantitative estimate of drug-likeness (QED) is 0.787. The van der Waals surface area contributed by atoms with Crippen molar-refractivity contribution in [3.8, 4) is 0 Å². The molecular weight excluding hydrogens is 256 g/mol. The minimum atomic E-state index is -0.971. The van der Waals surface area contributed by atoms with Crippen LogP contribution in [0.4, 0.5) is 5.82 Å². The molecule has 0 bridgehead atoms. The number of carboxylic acids is 1. The molecule has 0 spiro atoms. The highest BCUT2D eigenvalue weighted by Crippen LogP contribution is 2.25. The Labute approximate surface area is 119 Å². The second kappa shape index (κ2) is 6.22. The van der Waals surface area contributed by atoms with Crippen molar-refractivity contribution in [2.24, 2.45) is 5.92 Å². The van der Waals surface area contributed by atoms with Crippen LogP contribution in [0.15, 0.2) is 6.07 Å². The fourth-order valence-electron chi connectivity index (χ4n) is 2.89. The zero-order chi connectivity index (χ0) is 14.7. The lowest BCUT2D eigenvalue weighted by atomic mass is 9.86. The van der Waals surface area contributed by atoms with Gasteiger partial charge in [0.2, 0.25) is 0 Å². The van der Waals surface area contributed by atoms with Crippen LogP contribution in [0.5, 0.6) is 0 Å². The number of pyridine rings is 1. The maximum atomic E-state index is 11.3. The van der Waals surface area contributed by atoms with Crippen molar-refractivity contribution in [2.75, 3.05) is 11.9 Å². The number of aliphatic hydroxyl groups excluding tert-OH is 1. The molecular formula is C15H22N2O3. The molecule has 5 nitrogen and oxygen atoms in total. The van der Waals surface area contributed by atoms with E-state index in [0.29, 0.717) is 17.9 Å². The molecule has 1 aliphatic rings. The number of aryl methyl sites for hydroxylation is 2. The molecule has 1 aromatic rings. The topological polar surface area (TPSA) is 82.5 Å². The number of hydrogen-bond acceptors (Lipinski definition) is 4. The van der Waals surface area contributed by atoms with Crippen LogP contribution in [0, 0.1) is 19.8 Å². The molecule has 2 atom stereocenters. The van der Waals surface area contributed by atoms with E-state index in [9.17, 15) is 15.0 Å². The maximum Gasteiger partial charge on any atom is 0.339 e. The number of nitrogens with zero attached hydrogens (tertiary/aromatic N) is 1. The lowest BCUT2D eigenvalue weighted by Crippen LogP contribution is -2.31. The molecule has 1 fully saturated rings. The number of hydrogen-bond donors (Lipinski definition) is 3. The van der Waals surface area contributed by atoms with Gasteiger partial charge in [-0.15, -0.1) is 0 Å². The predicted octanol–water partition coefficient (Wildman–Crippen LogP) is 2.36. The van der Waals surface area contributed by atoms with Crippen molar-refractivity contribution in [1.82, 2.24) is 4.98 Å². The van der Waals surface area contributed by atoms with Gasteiger partial charge in [-0.25, -0.2) is 9.78 Å². The van der Waals surface area contributed by atoms with Crippen LogP contribution in [0.25, 0.3) is 0 Å². The van der Waals surface area contributed by atoms with E-state index in [0.717, 1.165) is 31.4 Å². The van der Waals surface area contributed by atoms with Crippen molar-refractivity contribution in [3.05, 3.63) is 22.9 Å². The van der Waals surface area contributed by atoms with Gasteiger partial charge in [0.15, 0.2) is 0 Å². The van der Waals surface area contributed by atoms with Crippen molar-refractivity contribution in [3.63, 3.8) is 0 Å². The SMILES string of the molecule is Cc1cc(C)c(C(=O)O)c(NCC2CCCCC2O)n1. The minimum Gasteiger partial charge on any atom is -0.478 e. The third-order valence-electron chi connectivity index (χ3n) is 3.96. The van der Waals surface area contributed by atoms with E-state index in [-0.39, 0.29) is 17.6 Å². The van der Waals surface area contributed by atoms with Crippen molar-refractivity contribution >= 4 is 11.8 Å². The normalized spacial score (nSPS) is 22.6. The number of carboxylic acid groups (broad SMARTS) is 1. The summed E-state index contributed by atoms with van der Waals surface area (Å²) in [4.78, 5) is 15.6. The molecule has 20 heavy (non-hydrogen) atoms. The highest BCUT2D eigenvalue weighted by molar-refractivity contribution is 5.94. The monoisotopic (exact) mass is 278 g/mol. The molecule has 5 heteroatoms. The zero-order valence-electron chi connectivity index (χ0n) is 12.0. The van der Waals surface area contributed by atoms with E-state index >= 15 is 0 Å². The Morgan fingerprint density at radius 1 is 1.40 bits per heavy atom. The van der Waals surface area contributed by atoms with Gasteiger partial charge in [0.05, 0.1) is 6.10 Å². The molecule has 0 aliphatic heterocycles. The second-order valence-electron chi connectivity index (χ2n) is 5.60. The van der Waals surface area contributed by atoms with E-state index < -0.39 is 5.97 Å². The van der Waals surface area contributed by atoms with Crippen LogP contribution in [-0.4, -0.2) is 33.8 Å². The fourth-order valence-corrected chi connectivity index (χ4v) is 2.89. The van der Waals surface area contributed by atoms with Gasteiger partial charge in [0.1, 0.15) is 11.4 Å². The van der Waals surface area contributed by atoms with Gasteiger partial charge in [-0.2, -0.15) is 0 Å². The third kappa shape index (κ3) is 3.28. The molecule has 1 aliphatic carbocycles. The Hall–Kier alpha value is -1.62. The molecule has 1 saturated carbocycles. The first-order chi connectivity index (χ1) is 9.49. The Morgan fingerprint density at radius 2 is 2.10 bits per heavy atom. The molecule has 0 radical (unpaired) electrons. The van der Waals surface area contributed by atoms with E-state index in [1.165, 1.54) is 0 Å². The maximum absolute atomic E-state index is 11.3. The van der Waals surface area contributed by atoms with Crippen LogP contribution < -0.4 is 5.32 Å². The summed E-state index contributed by atoms with van der Waals surface area (Å²) in [7, 11) is 0. The number of aliphatic hydroxyl groups is 1. The first kappa shape index (κ1) is 14.8. The highest BCUT2D eigenvalue weighted by atomic mass is 16.4.